The second-order valence-electron chi connectivity index (χ2n) is 6.37. The van der Waals surface area contributed by atoms with Crippen LogP contribution in [0.4, 0.5) is 36.8 Å². The average molecular weight is 493 g/mol. The van der Waals surface area contributed by atoms with E-state index < -0.39 is 40.0 Å². The van der Waals surface area contributed by atoms with Crippen LogP contribution in [0, 0.1) is 17.8 Å². The molecule has 1 atom stereocenters. The van der Waals surface area contributed by atoms with Crippen LogP contribution in [0.5, 0.6) is 0 Å². The van der Waals surface area contributed by atoms with Gasteiger partial charge in [0.25, 0.3) is 0 Å². The van der Waals surface area contributed by atoms with E-state index in [0.717, 1.165) is 19.8 Å². The van der Waals surface area contributed by atoms with Gasteiger partial charge in [-0.25, -0.2) is 4.79 Å². The molecule has 2 N–H and O–H groups in total. The van der Waals surface area contributed by atoms with Crippen molar-refractivity contribution >= 4 is 33.4 Å². The summed E-state index contributed by atoms with van der Waals surface area (Å²) in [5, 5.41) is 4.42. The van der Waals surface area contributed by atoms with Gasteiger partial charge in [-0.2, -0.15) is 34.8 Å². The maximum Gasteiger partial charge on any atom is 0.523 e. The summed E-state index contributed by atoms with van der Waals surface area (Å²) in [4.78, 5) is 11.6. The fraction of sp³-hybridized carbons (Fsp3) is 0.471. The summed E-state index contributed by atoms with van der Waals surface area (Å²) in [6.45, 7) is 0.644. The predicted molar refractivity (Wildman–Crippen MR) is 98.4 cm³/mol. The van der Waals surface area contributed by atoms with Crippen molar-refractivity contribution < 1.29 is 43.7 Å². The molecule has 0 spiro atoms. The molecule has 14 heteroatoms. The molecule has 0 radical (unpaired) electrons. The molecule has 0 saturated heterocycles. The third kappa shape index (κ3) is 5.75. The van der Waals surface area contributed by atoms with Gasteiger partial charge in [-0.3, -0.25) is 4.18 Å². The van der Waals surface area contributed by atoms with Gasteiger partial charge in [0, 0.05) is 22.2 Å². The molecule has 6 nitrogen and oxygen atoms in total. The van der Waals surface area contributed by atoms with Crippen LogP contribution in [0.15, 0.2) is 18.2 Å². The lowest BCUT2D eigenvalue weighted by Crippen LogP contribution is -2.59. The monoisotopic (exact) mass is 492 g/mol. The number of nitrogens with one attached hydrogen (secondary N) is 2. The van der Waals surface area contributed by atoms with Gasteiger partial charge >= 0.3 is 27.8 Å². The van der Waals surface area contributed by atoms with Crippen LogP contribution in [0.1, 0.15) is 25.3 Å². The zero-order valence-corrected chi connectivity index (χ0v) is 17.2. The van der Waals surface area contributed by atoms with E-state index in [1.807, 2.05) is 5.32 Å². The number of benzene rings is 1. The Bertz CT molecular complexity index is 1010. The van der Waals surface area contributed by atoms with Crippen molar-refractivity contribution in [2.45, 2.75) is 37.0 Å². The highest BCUT2D eigenvalue weighted by atomic mass is 35.5. The Kier molecular flexibility index (Phi) is 7.09. The predicted octanol–water partition coefficient (Wildman–Crippen LogP) is 4.52. The van der Waals surface area contributed by atoms with E-state index in [2.05, 4.69) is 21.3 Å². The molecule has 31 heavy (non-hydrogen) atoms. The largest absolute Gasteiger partial charge is 0.523 e. The summed E-state index contributed by atoms with van der Waals surface area (Å²) in [6.07, 6.45) is -3.18. The Morgan fingerprint density at radius 1 is 1.23 bits per heavy atom. The first kappa shape index (κ1) is 25.1. The van der Waals surface area contributed by atoms with Gasteiger partial charge in [0.05, 0.1) is 6.61 Å². The summed E-state index contributed by atoms with van der Waals surface area (Å²) < 4.78 is 98.2. The molecule has 1 heterocycles. The smallest absolute Gasteiger partial charge is 0.310 e. The number of alkyl halides is 6. The van der Waals surface area contributed by atoms with E-state index >= 15 is 0 Å². The number of urea groups is 1. The molecule has 1 aliphatic carbocycles. The topological polar surface area (TPSA) is 84.5 Å². The lowest BCUT2D eigenvalue weighted by molar-refractivity contribution is -0.178. The highest BCUT2D eigenvalue weighted by molar-refractivity contribution is 7.87. The molecule has 1 aliphatic heterocycles. The zero-order chi connectivity index (χ0) is 23.7. The number of carbonyl (C=O) groups is 1. The van der Waals surface area contributed by atoms with Crippen molar-refractivity contribution in [3.05, 3.63) is 28.8 Å². The molecule has 2 aliphatic rings. The maximum atomic E-state index is 13.7. The SMILES string of the molecule is CCOS(=O)(=O)C(F)(F)F.O=C1Nc2ccc(Cl)cc2[C@@](C#CC2CC2)(C(F)(F)F)N1. The van der Waals surface area contributed by atoms with E-state index in [4.69, 9.17) is 11.6 Å². The fourth-order valence-electron chi connectivity index (χ4n) is 2.38. The van der Waals surface area contributed by atoms with Crippen LogP contribution >= 0.6 is 11.6 Å². The number of halogens is 7. The number of fused-ring (bicyclic) bond motifs is 1. The lowest BCUT2D eigenvalue weighted by Gasteiger charge is -2.37. The van der Waals surface area contributed by atoms with Gasteiger partial charge in [0.2, 0.25) is 5.54 Å². The van der Waals surface area contributed by atoms with Crippen LogP contribution in [0.2, 0.25) is 5.02 Å². The fourth-order valence-corrected chi connectivity index (χ4v) is 3.00. The van der Waals surface area contributed by atoms with E-state index in [1.54, 1.807) is 0 Å². The molecule has 3 rings (SSSR count). The molecule has 1 aromatic carbocycles. The third-order valence-corrected chi connectivity index (χ3v) is 5.31. The van der Waals surface area contributed by atoms with E-state index in [1.165, 1.54) is 18.2 Å². The second kappa shape index (κ2) is 8.76. The van der Waals surface area contributed by atoms with Gasteiger partial charge in [0.15, 0.2) is 0 Å². The number of rotatable bonds is 2. The van der Waals surface area contributed by atoms with Crippen LogP contribution in [-0.4, -0.2) is 32.7 Å². The highest BCUT2D eigenvalue weighted by Gasteiger charge is 2.59. The summed E-state index contributed by atoms with van der Waals surface area (Å²) in [7, 11) is -5.35. The number of hydrogen-bond acceptors (Lipinski definition) is 4. The number of hydrogen-bond donors (Lipinski definition) is 2. The Morgan fingerprint density at radius 3 is 2.29 bits per heavy atom. The van der Waals surface area contributed by atoms with E-state index in [9.17, 15) is 39.6 Å². The zero-order valence-electron chi connectivity index (χ0n) is 15.6. The maximum absolute atomic E-state index is 13.7. The Morgan fingerprint density at radius 2 is 1.84 bits per heavy atom. The minimum atomic E-state index is -5.35. The van der Waals surface area contributed by atoms with Crippen molar-refractivity contribution in [2.24, 2.45) is 5.92 Å². The van der Waals surface area contributed by atoms with Crippen LogP contribution in [-0.2, 0) is 19.8 Å². The van der Waals surface area contributed by atoms with Crippen molar-refractivity contribution in [3.8, 4) is 11.8 Å². The lowest BCUT2D eigenvalue weighted by atomic mass is 9.86. The molecular formula is C17H15ClF6N2O4S. The van der Waals surface area contributed by atoms with Gasteiger partial charge in [0.1, 0.15) is 0 Å². The molecule has 0 bridgehead atoms. The van der Waals surface area contributed by atoms with Gasteiger partial charge in [-0.05, 0) is 38.0 Å². The first-order valence-electron chi connectivity index (χ1n) is 8.57. The van der Waals surface area contributed by atoms with Gasteiger partial charge in [-0.15, -0.1) is 0 Å². The quantitative estimate of drug-likeness (QED) is 0.275. The van der Waals surface area contributed by atoms with Crippen LogP contribution in [0.25, 0.3) is 0 Å². The van der Waals surface area contributed by atoms with E-state index in [0.29, 0.717) is 0 Å². The third-order valence-electron chi connectivity index (χ3n) is 3.96. The minimum absolute atomic E-state index is 0.0290. The molecule has 0 unspecified atom stereocenters. The van der Waals surface area contributed by atoms with E-state index in [-0.39, 0.29) is 22.2 Å². The summed E-state index contributed by atoms with van der Waals surface area (Å²) in [6, 6.07) is 3.00. The van der Waals surface area contributed by atoms with Gasteiger partial charge < -0.3 is 10.6 Å². The van der Waals surface area contributed by atoms with Gasteiger partial charge in [-0.1, -0.05) is 23.4 Å². The number of anilines is 1. The molecular weight excluding hydrogens is 478 g/mol. The Labute approximate surface area is 178 Å². The van der Waals surface area contributed by atoms with Crippen molar-refractivity contribution in [2.75, 3.05) is 11.9 Å². The standard InChI is InChI=1S/C14H10ClF3N2O.C3H5F3O3S/c15-9-3-4-11-10(7-9)13(14(16,17)18,20-12(21)19-11)6-5-8-1-2-8;1-2-9-10(7,8)3(4,5)6/h3-4,7-8H,1-2H2,(H2,19,20,21);2H2,1H3/t13-;/m0./s1. The molecule has 172 valence electrons. The first-order chi connectivity index (χ1) is 14.1. The molecule has 1 fully saturated rings. The normalized spacial score (nSPS) is 20.8. The number of carbonyl (C=O) groups excluding carboxylic acids is 1. The van der Waals surface area contributed by atoms with Crippen molar-refractivity contribution in [1.82, 2.24) is 5.32 Å². The minimum Gasteiger partial charge on any atom is -0.310 e. The summed E-state index contributed by atoms with van der Waals surface area (Å²) >= 11 is 5.81. The molecule has 2 amide bonds. The molecule has 0 aromatic heterocycles. The highest BCUT2D eigenvalue weighted by Crippen LogP contribution is 2.45. The van der Waals surface area contributed by atoms with Crippen LogP contribution in [0.3, 0.4) is 0 Å². The Balaban J connectivity index is 0.000000291. The second-order valence-corrected chi connectivity index (χ2v) is 8.41. The number of amides is 2. The molecule has 1 saturated carbocycles. The summed E-state index contributed by atoms with van der Waals surface area (Å²) in [5.74, 6) is 4.82. The van der Waals surface area contributed by atoms with Crippen molar-refractivity contribution in [1.29, 1.82) is 0 Å². The molecule has 1 aromatic rings. The van der Waals surface area contributed by atoms with Crippen LogP contribution < -0.4 is 10.6 Å². The van der Waals surface area contributed by atoms with Crippen molar-refractivity contribution in [3.63, 3.8) is 0 Å². The average Bonchev–Trinajstić information content (AvgIpc) is 3.43. The Hall–Kier alpha value is -2.17. The first-order valence-corrected chi connectivity index (χ1v) is 10.4. The summed E-state index contributed by atoms with van der Waals surface area (Å²) in [5.41, 5.74) is -8.15.